The number of aromatic nitrogens is 1. The number of aliphatic hydroxyl groups excluding tert-OH is 3. The van der Waals surface area contributed by atoms with Crippen LogP contribution in [0.25, 0.3) is 22.0 Å². The summed E-state index contributed by atoms with van der Waals surface area (Å²) >= 11 is 0. The van der Waals surface area contributed by atoms with Crippen LogP contribution in [-0.4, -0.2) is 39.1 Å². The van der Waals surface area contributed by atoms with Gasteiger partial charge >= 0.3 is 0 Å². The molecule has 0 bridgehead atoms. The third-order valence-electron chi connectivity index (χ3n) is 6.46. The molecular weight excluding hydrogens is 426 g/mol. The highest BCUT2D eigenvalue weighted by molar-refractivity contribution is 6.27. The normalized spacial score (nSPS) is 13.6. The van der Waals surface area contributed by atoms with Crippen LogP contribution in [0.15, 0.2) is 29.1 Å². The third kappa shape index (κ3) is 3.42. The Bertz CT molecular complexity index is 1330. The number of unbranched alkanes of at least 4 members (excludes halogenated alkanes) is 3. The van der Waals surface area contributed by atoms with Gasteiger partial charge in [0.1, 0.15) is 0 Å². The third-order valence-corrected chi connectivity index (χ3v) is 6.46. The number of carbonyl (C=O) groups is 1. The predicted molar refractivity (Wildman–Crippen MR) is 121 cm³/mol. The summed E-state index contributed by atoms with van der Waals surface area (Å²) in [6.45, 7) is 0.000614. The molecule has 0 saturated heterocycles. The van der Waals surface area contributed by atoms with Crippen LogP contribution in [0.3, 0.4) is 0 Å². The summed E-state index contributed by atoms with van der Waals surface area (Å²) in [5.74, 6) is 0.816. The Morgan fingerprint density at radius 1 is 0.788 bits per heavy atom. The molecule has 0 saturated carbocycles. The Kier molecular flexibility index (Phi) is 5.65. The van der Waals surface area contributed by atoms with Gasteiger partial charge in [0.05, 0.1) is 24.5 Å². The maximum atomic E-state index is 13.6. The molecule has 0 fully saturated rings. The molecule has 172 valence electrons. The van der Waals surface area contributed by atoms with E-state index in [9.17, 15) is 19.8 Å². The molecule has 8 heteroatoms. The second-order valence-corrected chi connectivity index (χ2v) is 8.38. The van der Waals surface area contributed by atoms with Crippen LogP contribution in [0.1, 0.15) is 52.7 Å². The van der Waals surface area contributed by atoms with Crippen LogP contribution in [0.5, 0.6) is 11.5 Å². The summed E-state index contributed by atoms with van der Waals surface area (Å²) in [6, 6.07) is 6.63. The number of rotatable bonds is 8. The van der Waals surface area contributed by atoms with Crippen molar-refractivity contribution in [3.05, 3.63) is 56.9 Å². The highest BCUT2D eigenvalue weighted by Crippen LogP contribution is 2.46. The Morgan fingerprint density at radius 2 is 1.42 bits per heavy atom. The Hall–Kier alpha value is -3.20. The van der Waals surface area contributed by atoms with Crippen LogP contribution in [0.4, 0.5) is 0 Å². The quantitative estimate of drug-likeness (QED) is 0.352. The fraction of sp³-hybridized carbons (Fsp3) is 0.360. The zero-order valence-corrected chi connectivity index (χ0v) is 18.1. The number of ketones is 1. The van der Waals surface area contributed by atoms with Gasteiger partial charge in [-0.15, -0.1) is 0 Å². The van der Waals surface area contributed by atoms with Gasteiger partial charge in [-0.05, 0) is 48.2 Å². The molecule has 0 atom stereocenters. The summed E-state index contributed by atoms with van der Waals surface area (Å²) in [5.41, 5.74) is 2.73. The molecule has 1 aromatic heterocycles. The van der Waals surface area contributed by atoms with Gasteiger partial charge in [-0.25, -0.2) is 0 Å². The van der Waals surface area contributed by atoms with Crippen molar-refractivity contribution in [3.63, 3.8) is 0 Å². The zero-order valence-electron chi connectivity index (χ0n) is 18.1. The van der Waals surface area contributed by atoms with Crippen molar-refractivity contribution < 1.29 is 29.6 Å². The lowest BCUT2D eigenvalue weighted by molar-refractivity contribution is 0.104. The number of carbonyl (C=O) groups excluding carboxylic acids is 1. The average Bonchev–Trinajstić information content (AvgIpc) is 3.40. The summed E-state index contributed by atoms with van der Waals surface area (Å²) < 4.78 is 12.6. The van der Waals surface area contributed by atoms with E-state index >= 15 is 0 Å². The Balaban J connectivity index is 1.75. The molecular formula is C25H25NO7. The van der Waals surface area contributed by atoms with Crippen molar-refractivity contribution >= 4 is 16.6 Å². The van der Waals surface area contributed by atoms with Crippen LogP contribution < -0.4 is 15.0 Å². The minimum atomic E-state index is -0.320. The number of benzene rings is 2. The molecule has 2 aromatic carbocycles. The molecule has 33 heavy (non-hydrogen) atoms. The minimum Gasteiger partial charge on any atom is -0.454 e. The van der Waals surface area contributed by atoms with E-state index in [0.717, 1.165) is 12.8 Å². The molecule has 8 nitrogen and oxygen atoms in total. The molecule has 5 rings (SSSR count). The van der Waals surface area contributed by atoms with Gasteiger partial charge < -0.3 is 29.4 Å². The van der Waals surface area contributed by atoms with Gasteiger partial charge in [0.15, 0.2) is 17.3 Å². The van der Waals surface area contributed by atoms with Crippen LogP contribution in [0, 0.1) is 0 Å². The summed E-state index contributed by atoms with van der Waals surface area (Å²) in [4.78, 5) is 27.2. The molecule has 3 N–H and O–H groups in total. The van der Waals surface area contributed by atoms with Crippen molar-refractivity contribution in [3.8, 4) is 22.8 Å². The molecule has 0 amide bonds. The van der Waals surface area contributed by atoms with Crippen LogP contribution in [-0.2, 0) is 19.8 Å². The second-order valence-electron chi connectivity index (χ2n) is 8.38. The number of hydrogen-bond acceptors (Lipinski definition) is 7. The predicted octanol–water partition coefficient (Wildman–Crippen LogP) is 2.48. The Labute approximate surface area is 189 Å². The SMILES string of the molecule is O=C1c2cc3c(cc2-c2c1c1cc(CO)c(CO)cc1c(=O)n2CCCCCCO)OCO3. The monoisotopic (exact) mass is 451 g/mol. The van der Waals surface area contributed by atoms with E-state index in [1.807, 2.05) is 0 Å². The van der Waals surface area contributed by atoms with E-state index in [1.165, 1.54) is 0 Å². The fourth-order valence-corrected chi connectivity index (χ4v) is 4.80. The standard InChI is InChI=1S/C25H25NO7/c27-6-4-2-1-3-5-26-23-17-9-20-21(33-13-32-20)10-18(17)24(30)22(23)16-7-14(11-28)15(12-29)8-19(16)25(26)31/h7-10,27-29H,1-6,11-13H2. The lowest BCUT2D eigenvalue weighted by Gasteiger charge is -2.17. The Morgan fingerprint density at radius 3 is 2.09 bits per heavy atom. The second kappa shape index (κ2) is 8.62. The molecule has 0 spiro atoms. The summed E-state index contributed by atoms with van der Waals surface area (Å²) in [5, 5.41) is 29.4. The van der Waals surface area contributed by atoms with Crippen molar-refractivity contribution in [2.45, 2.75) is 45.4 Å². The number of hydrogen-bond donors (Lipinski definition) is 3. The maximum Gasteiger partial charge on any atom is 0.258 e. The summed E-state index contributed by atoms with van der Waals surface area (Å²) in [7, 11) is 0. The molecule has 2 heterocycles. The topological polar surface area (TPSA) is 118 Å². The van der Waals surface area contributed by atoms with Gasteiger partial charge in [-0.2, -0.15) is 0 Å². The van der Waals surface area contributed by atoms with E-state index in [1.54, 1.807) is 28.8 Å². The first-order valence-corrected chi connectivity index (χ1v) is 11.1. The average molecular weight is 451 g/mol. The van der Waals surface area contributed by atoms with Crippen molar-refractivity contribution in [1.29, 1.82) is 0 Å². The van der Waals surface area contributed by atoms with E-state index in [2.05, 4.69) is 0 Å². The first kappa shape index (κ1) is 21.6. The number of aliphatic hydroxyl groups is 3. The molecule has 1 aliphatic carbocycles. The van der Waals surface area contributed by atoms with E-state index in [-0.39, 0.29) is 38.0 Å². The van der Waals surface area contributed by atoms with Crippen molar-refractivity contribution in [1.82, 2.24) is 4.57 Å². The lowest BCUT2D eigenvalue weighted by Crippen LogP contribution is -2.24. The number of fused-ring (bicyclic) bond motifs is 6. The number of nitrogens with zero attached hydrogens (tertiary/aromatic N) is 1. The van der Waals surface area contributed by atoms with Gasteiger partial charge in [0.2, 0.25) is 6.79 Å². The molecule has 1 aliphatic heterocycles. The van der Waals surface area contributed by atoms with Gasteiger partial charge in [-0.1, -0.05) is 12.8 Å². The largest absolute Gasteiger partial charge is 0.454 e. The molecule has 0 unspecified atom stereocenters. The van der Waals surface area contributed by atoms with Crippen molar-refractivity contribution in [2.24, 2.45) is 0 Å². The highest BCUT2D eigenvalue weighted by Gasteiger charge is 2.35. The van der Waals surface area contributed by atoms with Gasteiger partial charge in [0.25, 0.3) is 5.56 Å². The first-order chi connectivity index (χ1) is 16.1. The van der Waals surface area contributed by atoms with E-state index in [0.29, 0.717) is 75.2 Å². The lowest BCUT2D eigenvalue weighted by atomic mass is 9.97. The molecule has 3 aromatic rings. The first-order valence-electron chi connectivity index (χ1n) is 11.1. The fourth-order valence-electron chi connectivity index (χ4n) is 4.80. The van der Waals surface area contributed by atoms with E-state index < -0.39 is 0 Å². The molecule has 0 radical (unpaired) electrons. The zero-order chi connectivity index (χ0) is 23.1. The van der Waals surface area contributed by atoms with Gasteiger partial charge in [0, 0.05) is 35.1 Å². The smallest absolute Gasteiger partial charge is 0.258 e. The number of pyridine rings is 1. The minimum absolute atomic E-state index is 0.0818. The number of ether oxygens (including phenoxy) is 2. The highest BCUT2D eigenvalue weighted by atomic mass is 16.7. The molecule has 2 aliphatic rings. The van der Waals surface area contributed by atoms with E-state index in [4.69, 9.17) is 14.6 Å². The van der Waals surface area contributed by atoms with Crippen LogP contribution in [0.2, 0.25) is 0 Å². The van der Waals surface area contributed by atoms with Crippen LogP contribution >= 0.6 is 0 Å². The van der Waals surface area contributed by atoms with Gasteiger partial charge in [-0.3, -0.25) is 9.59 Å². The summed E-state index contributed by atoms with van der Waals surface area (Å²) in [6.07, 6.45) is 3.11. The van der Waals surface area contributed by atoms with Crippen molar-refractivity contribution in [2.75, 3.05) is 13.4 Å². The maximum absolute atomic E-state index is 13.6.